The Bertz CT molecular complexity index is 386. The number of rotatable bonds is 6. The summed E-state index contributed by atoms with van der Waals surface area (Å²) in [5, 5.41) is 0. The number of ether oxygens (including phenoxy) is 1. The zero-order valence-corrected chi connectivity index (χ0v) is 14.0. The lowest BCUT2D eigenvalue weighted by molar-refractivity contribution is -0.194. The van der Waals surface area contributed by atoms with E-state index < -0.39 is 0 Å². The summed E-state index contributed by atoms with van der Waals surface area (Å²) in [5.74, 6) is 1.89. The minimum Gasteiger partial charge on any atom is -0.378 e. The zero-order valence-electron chi connectivity index (χ0n) is 14.0. The lowest BCUT2D eigenvalue weighted by atomic mass is 9.47. The topological polar surface area (TPSA) is 29.5 Å². The summed E-state index contributed by atoms with van der Waals surface area (Å²) < 4.78 is 5.95. The molecule has 4 rings (SSSR count). The van der Waals surface area contributed by atoms with Gasteiger partial charge in [0.25, 0.3) is 0 Å². The van der Waals surface area contributed by atoms with Gasteiger partial charge in [-0.2, -0.15) is 0 Å². The van der Waals surface area contributed by atoms with Gasteiger partial charge in [-0.15, -0.1) is 0 Å². The number of amides is 1. The van der Waals surface area contributed by atoms with Gasteiger partial charge in [-0.25, -0.2) is 0 Å². The highest BCUT2D eigenvalue weighted by molar-refractivity contribution is 5.83. The van der Waals surface area contributed by atoms with Crippen molar-refractivity contribution in [3.8, 4) is 0 Å². The van der Waals surface area contributed by atoms with Crippen LogP contribution in [-0.2, 0) is 9.53 Å². The van der Waals surface area contributed by atoms with Crippen LogP contribution in [0.3, 0.4) is 0 Å². The molecule has 0 N–H and O–H groups in total. The highest BCUT2D eigenvalue weighted by Crippen LogP contribution is 2.63. The highest BCUT2D eigenvalue weighted by Gasteiger charge is 2.61. The molecule has 4 aliphatic carbocycles. The minimum atomic E-state index is -0.0928. The third-order valence-corrected chi connectivity index (χ3v) is 6.17. The maximum atomic E-state index is 13.3. The van der Waals surface area contributed by atoms with Gasteiger partial charge in [0.2, 0.25) is 5.91 Å². The van der Waals surface area contributed by atoms with Gasteiger partial charge in [0.05, 0.1) is 11.0 Å². The van der Waals surface area contributed by atoms with Crippen LogP contribution in [0.4, 0.5) is 0 Å². The van der Waals surface area contributed by atoms with Gasteiger partial charge in [-0.3, -0.25) is 4.79 Å². The third-order valence-electron chi connectivity index (χ3n) is 6.17. The summed E-state index contributed by atoms with van der Waals surface area (Å²) in [4.78, 5) is 15.5. The molecule has 0 radical (unpaired) electrons. The first-order valence-electron chi connectivity index (χ1n) is 8.91. The molecule has 0 heterocycles. The number of hydrogen-bond acceptors (Lipinski definition) is 2. The van der Waals surface area contributed by atoms with Gasteiger partial charge in [0.1, 0.15) is 0 Å². The van der Waals surface area contributed by atoms with Crippen LogP contribution in [0.5, 0.6) is 0 Å². The second-order valence-corrected chi connectivity index (χ2v) is 7.92. The molecule has 4 saturated carbocycles. The predicted molar refractivity (Wildman–Crippen MR) is 84.0 cm³/mol. The van der Waals surface area contributed by atoms with E-state index in [9.17, 15) is 4.79 Å². The van der Waals surface area contributed by atoms with Crippen molar-refractivity contribution < 1.29 is 9.53 Å². The molecule has 0 aromatic rings. The van der Waals surface area contributed by atoms with E-state index in [0.717, 1.165) is 57.0 Å². The van der Waals surface area contributed by atoms with E-state index in [2.05, 4.69) is 18.7 Å². The molecule has 0 aromatic heterocycles. The van der Waals surface area contributed by atoms with Crippen molar-refractivity contribution in [2.75, 3.05) is 20.2 Å². The van der Waals surface area contributed by atoms with Gasteiger partial charge >= 0.3 is 0 Å². The fourth-order valence-electron chi connectivity index (χ4n) is 5.86. The van der Waals surface area contributed by atoms with Crippen LogP contribution in [0.15, 0.2) is 0 Å². The molecule has 3 heteroatoms. The van der Waals surface area contributed by atoms with Crippen LogP contribution < -0.4 is 0 Å². The summed E-state index contributed by atoms with van der Waals surface area (Å²) in [6.07, 6.45) is 9.06. The molecular formula is C18H31NO2. The Morgan fingerprint density at radius 2 is 1.67 bits per heavy atom. The van der Waals surface area contributed by atoms with Crippen molar-refractivity contribution in [2.45, 2.75) is 70.8 Å². The largest absolute Gasteiger partial charge is 0.378 e. The van der Waals surface area contributed by atoms with Crippen molar-refractivity contribution >= 4 is 5.91 Å². The first kappa shape index (κ1) is 15.3. The van der Waals surface area contributed by atoms with Gasteiger partial charge in [-0.1, -0.05) is 13.8 Å². The van der Waals surface area contributed by atoms with Crippen LogP contribution in [0.25, 0.3) is 0 Å². The molecule has 2 atom stereocenters. The lowest BCUT2D eigenvalue weighted by Crippen LogP contribution is -2.61. The van der Waals surface area contributed by atoms with Gasteiger partial charge in [0.15, 0.2) is 0 Å². The van der Waals surface area contributed by atoms with Crippen molar-refractivity contribution in [1.82, 2.24) is 4.90 Å². The minimum absolute atomic E-state index is 0.0177. The second-order valence-electron chi connectivity index (χ2n) is 7.92. The average Bonchev–Trinajstić information content (AvgIpc) is 2.45. The molecule has 120 valence electrons. The smallest absolute Gasteiger partial charge is 0.228 e. The lowest BCUT2D eigenvalue weighted by Gasteiger charge is -2.61. The summed E-state index contributed by atoms with van der Waals surface area (Å²) in [5.41, 5.74) is -0.0751. The SMILES string of the molecule is CCCN(CCC)C(=O)C12CC3CC(CC(OC)(C3)C1)C2. The quantitative estimate of drug-likeness (QED) is 0.748. The Balaban J connectivity index is 1.84. The molecular weight excluding hydrogens is 262 g/mol. The highest BCUT2D eigenvalue weighted by atomic mass is 16.5. The number of nitrogens with zero attached hydrogens (tertiary/aromatic N) is 1. The zero-order chi connectivity index (χ0) is 15.1. The average molecular weight is 293 g/mol. The van der Waals surface area contributed by atoms with Crippen LogP contribution in [0.1, 0.15) is 65.2 Å². The molecule has 0 aromatic carbocycles. The molecule has 0 aliphatic heterocycles. The van der Waals surface area contributed by atoms with E-state index >= 15 is 0 Å². The number of hydrogen-bond donors (Lipinski definition) is 0. The van der Waals surface area contributed by atoms with E-state index in [4.69, 9.17) is 4.74 Å². The van der Waals surface area contributed by atoms with Crippen LogP contribution >= 0.6 is 0 Å². The summed E-state index contributed by atoms with van der Waals surface area (Å²) in [6, 6.07) is 0. The first-order valence-corrected chi connectivity index (χ1v) is 8.91. The molecule has 0 saturated heterocycles. The summed E-state index contributed by atoms with van der Waals surface area (Å²) in [7, 11) is 1.86. The Labute approximate surface area is 129 Å². The fraction of sp³-hybridized carbons (Fsp3) is 0.944. The molecule has 4 fully saturated rings. The van der Waals surface area contributed by atoms with Gasteiger partial charge in [0, 0.05) is 20.2 Å². The monoisotopic (exact) mass is 293 g/mol. The molecule has 0 spiro atoms. The van der Waals surface area contributed by atoms with Gasteiger partial charge in [-0.05, 0) is 63.2 Å². The van der Waals surface area contributed by atoms with Gasteiger partial charge < -0.3 is 9.64 Å². The molecule has 4 aliphatic rings. The number of carbonyl (C=O) groups excluding carboxylic acids is 1. The fourth-order valence-corrected chi connectivity index (χ4v) is 5.86. The maximum Gasteiger partial charge on any atom is 0.228 e. The number of methoxy groups -OCH3 is 1. The van der Waals surface area contributed by atoms with Crippen LogP contribution in [-0.4, -0.2) is 36.6 Å². The van der Waals surface area contributed by atoms with Crippen molar-refractivity contribution in [2.24, 2.45) is 17.3 Å². The van der Waals surface area contributed by atoms with Crippen LogP contribution in [0, 0.1) is 17.3 Å². The normalized spacial score (nSPS) is 40.5. The van der Waals surface area contributed by atoms with Crippen molar-refractivity contribution in [1.29, 1.82) is 0 Å². The van der Waals surface area contributed by atoms with E-state index in [1.54, 1.807) is 0 Å². The van der Waals surface area contributed by atoms with E-state index in [0.29, 0.717) is 5.91 Å². The molecule has 3 nitrogen and oxygen atoms in total. The van der Waals surface area contributed by atoms with Crippen molar-refractivity contribution in [3.05, 3.63) is 0 Å². The molecule has 4 bridgehead atoms. The Morgan fingerprint density at radius 3 is 2.14 bits per heavy atom. The molecule has 21 heavy (non-hydrogen) atoms. The van der Waals surface area contributed by atoms with Crippen molar-refractivity contribution in [3.63, 3.8) is 0 Å². The van der Waals surface area contributed by atoms with E-state index in [-0.39, 0.29) is 11.0 Å². The van der Waals surface area contributed by atoms with E-state index in [1.165, 1.54) is 19.3 Å². The third kappa shape index (κ3) is 2.52. The predicted octanol–water partition coefficient (Wildman–Crippen LogP) is 3.62. The Kier molecular flexibility index (Phi) is 4.06. The summed E-state index contributed by atoms with van der Waals surface area (Å²) in [6.45, 7) is 6.19. The molecule has 1 amide bonds. The Morgan fingerprint density at radius 1 is 1.10 bits per heavy atom. The molecule has 2 unspecified atom stereocenters. The first-order chi connectivity index (χ1) is 10.1. The maximum absolute atomic E-state index is 13.3. The van der Waals surface area contributed by atoms with Crippen LogP contribution in [0.2, 0.25) is 0 Å². The second kappa shape index (κ2) is 5.57. The van der Waals surface area contributed by atoms with E-state index in [1.807, 2.05) is 7.11 Å². The number of carbonyl (C=O) groups is 1. The Hall–Kier alpha value is -0.570. The summed E-state index contributed by atoms with van der Waals surface area (Å²) >= 11 is 0. The standard InChI is InChI=1S/C18H31NO2/c1-4-6-19(7-5-2)16(20)17-9-14-8-15(10-17)12-18(11-14,13-17)21-3/h14-15H,4-13H2,1-3H3.